The van der Waals surface area contributed by atoms with Gasteiger partial charge >= 0.3 is 0 Å². The van der Waals surface area contributed by atoms with Crippen LogP contribution in [0.1, 0.15) is 5.56 Å². The molecular formula is C8H11FN2O2S. The molecule has 0 heterocycles. The van der Waals surface area contributed by atoms with E-state index >= 15 is 0 Å². The van der Waals surface area contributed by atoms with E-state index in [-0.39, 0.29) is 12.1 Å². The highest BCUT2D eigenvalue weighted by Gasteiger charge is 2.05. The standard InChI is InChI=1S/C8H11FN2O2S/c1-14(12,13)11-5-6-2-3-7(10)4-8(6)9/h2-4,11H,5,10H2,1H3. The number of benzene rings is 1. The fourth-order valence-electron chi connectivity index (χ4n) is 0.916. The average Bonchev–Trinajstić information content (AvgIpc) is 2.00. The van der Waals surface area contributed by atoms with Crippen molar-refractivity contribution in [3.05, 3.63) is 29.6 Å². The molecule has 78 valence electrons. The second-order valence-electron chi connectivity index (χ2n) is 2.94. The van der Waals surface area contributed by atoms with Crippen molar-refractivity contribution in [1.82, 2.24) is 4.72 Å². The molecule has 0 atom stereocenters. The maximum atomic E-state index is 13.1. The van der Waals surface area contributed by atoms with Gasteiger partial charge in [0.1, 0.15) is 5.82 Å². The van der Waals surface area contributed by atoms with Crippen molar-refractivity contribution in [2.75, 3.05) is 12.0 Å². The van der Waals surface area contributed by atoms with Crippen LogP contribution in [0.4, 0.5) is 10.1 Å². The number of halogens is 1. The van der Waals surface area contributed by atoms with Crippen LogP contribution < -0.4 is 10.5 Å². The fraction of sp³-hybridized carbons (Fsp3) is 0.250. The zero-order valence-corrected chi connectivity index (χ0v) is 8.44. The van der Waals surface area contributed by atoms with Gasteiger partial charge in [-0.25, -0.2) is 17.5 Å². The molecule has 1 rings (SSSR count). The van der Waals surface area contributed by atoms with Gasteiger partial charge in [0.05, 0.1) is 6.26 Å². The Morgan fingerprint density at radius 1 is 1.50 bits per heavy atom. The lowest BCUT2D eigenvalue weighted by Crippen LogP contribution is -2.21. The lowest BCUT2D eigenvalue weighted by atomic mass is 10.2. The number of rotatable bonds is 3. The topological polar surface area (TPSA) is 72.2 Å². The summed E-state index contributed by atoms with van der Waals surface area (Å²) in [6.07, 6.45) is 1.02. The first-order chi connectivity index (χ1) is 6.38. The zero-order valence-electron chi connectivity index (χ0n) is 7.62. The SMILES string of the molecule is CS(=O)(=O)NCc1ccc(N)cc1F. The average molecular weight is 218 g/mol. The molecule has 0 unspecified atom stereocenters. The number of sulfonamides is 1. The van der Waals surface area contributed by atoms with Gasteiger partial charge in [0, 0.05) is 17.8 Å². The van der Waals surface area contributed by atoms with E-state index in [0.29, 0.717) is 5.69 Å². The van der Waals surface area contributed by atoms with E-state index in [9.17, 15) is 12.8 Å². The highest BCUT2D eigenvalue weighted by molar-refractivity contribution is 7.88. The van der Waals surface area contributed by atoms with Crippen LogP contribution in [-0.2, 0) is 16.6 Å². The van der Waals surface area contributed by atoms with E-state index in [4.69, 9.17) is 5.73 Å². The molecule has 0 saturated carbocycles. The predicted octanol–water partition coefficient (Wildman–Crippen LogP) is 0.457. The van der Waals surface area contributed by atoms with Crippen LogP contribution in [0.15, 0.2) is 18.2 Å². The first-order valence-electron chi connectivity index (χ1n) is 3.87. The number of hydrogen-bond acceptors (Lipinski definition) is 3. The molecule has 0 aliphatic heterocycles. The number of hydrogen-bond donors (Lipinski definition) is 2. The first-order valence-corrected chi connectivity index (χ1v) is 5.76. The van der Waals surface area contributed by atoms with Gasteiger partial charge in [-0.05, 0) is 12.1 Å². The van der Waals surface area contributed by atoms with Gasteiger partial charge in [-0.15, -0.1) is 0 Å². The highest BCUT2D eigenvalue weighted by atomic mass is 32.2. The van der Waals surface area contributed by atoms with E-state index < -0.39 is 15.8 Å². The molecule has 0 aromatic heterocycles. The van der Waals surface area contributed by atoms with Gasteiger partial charge in [-0.1, -0.05) is 6.07 Å². The number of nitrogens with two attached hydrogens (primary N) is 1. The Morgan fingerprint density at radius 2 is 2.14 bits per heavy atom. The van der Waals surface area contributed by atoms with Gasteiger partial charge in [-0.2, -0.15) is 0 Å². The Morgan fingerprint density at radius 3 is 2.64 bits per heavy atom. The van der Waals surface area contributed by atoms with Crippen LogP contribution in [0.25, 0.3) is 0 Å². The Labute approximate surface area is 82.0 Å². The second kappa shape index (κ2) is 3.93. The van der Waals surface area contributed by atoms with Gasteiger partial charge in [0.2, 0.25) is 10.0 Å². The molecular weight excluding hydrogens is 207 g/mol. The Hall–Kier alpha value is -1.14. The number of nitrogen functional groups attached to an aromatic ring is 1. The Bertz CT molecular complexity index is 431. The van der Waals surface area contributed by atoms with Crippen LogP contribution in [0.3, 0.4) is 0 Å². The maximum absolute atomic E-state index is 13.1. The molecule has 0 amide bonds. The molecule has 1 aromatic rings. The summed E-state index contributed by atoms with van der Waals surface area (Å²) >= 11 is 0. The summed E-state index contributed by atoms with van der Waals surface area (Å²) < 4.78 is 36.7. The van der Waals surface area contributed by atoms with E-state index in [2.05, 4.69) is 4.72 Å². The zero-order chi connectivity index (χ0) is 10.8. The van der Waals surface area contributed by atoms with E-state index in [1.807, 2.05) is 0 Å². The first kappa shape index (κ1) is 10.9. The second-order valence-corrected chi connectivity index (χ2v) is 4.78. The van der Waals surface area contributed by atoms with Gasteiger partial charge in [0.25, 0.3) is 0 Å². The monoisotopic (exact) mass is 218 g/mol. The predicted molar refractivity (Wildman–Crippen MR) is 52.5 cm³/mol. The van der Waals surface area contributed by atoms with Crippen LogP contribution in [0.2, 0.25) is 0 Å². The highest BCUT2D eigenvalue weighted by Crippen LogP contribution is 2.11. The summed E-state index contributed by atoms with van der Waals surface area (Å²) in [5, 5.41) is 0. The van der Waals surface area contributed by atoms with Crippen molar-refractivity contribution in [2.24, 2.45) is 0 Å². The van der Waals surface area contributed by atoms with Crippen molar-refractivity contribution in [3.63, 3.8) is 0 Å². The molecule has 3 N–H and O–H groups in total. The third-order valence-electron chi connectivity index (χ3n) is 1.60. The van der Waals surface area contributed by atoms with Crippen LogP contribution >= 0.6 is 0 Å². The van der Waals surface area contributed by atoms with Crippen molar-refractivity contribution in [2.45, 2.75) is 6.54 Å². The summed E-state index contributed by atoms with van der Waals surface area (Å²) in [5.41, 5.74) is 5.91. The van der Waals surface area contributed by atoms with Crippen molar-refractivity contribution in [1.29, 1.82) is 0 Å². The molecule has 0 saturated heterocycles. The molecule has 0 aliphatic rings. The van der Waals surface area contributed by atoms with E-state index in [1.165, 1.54) is 12.1 Å². The Balaban J connectivity index is 2.78. The lowest BCUT2D eigenvalue weighted by molar-refractivity contribution is 0.579. The molecule has 0 fully saturated rings. The third kappa shape index (κ3) is 3.31. The van der Waals surface area contributed by atoms with Crippen LogP contribution in [-0.4, -0.2) is 14.7 Å². The minimum atomic E-state index is -3.30. The summed E-state index contributed by atoms with van der Waals surface area (Å²) in [6.45, 7) is -0.0645. The van der Waals surface area contributed by atoms with Gasteiger partial charge in [0.15, 0.2) is 0 Å². The van der Waals surface area contributed by atoms with Crippen LogP contribution in [0.5, 0.6) is 0 Å². The molecule has 0 radical (unpaired) electrons. The summed E-state index contributed by atoms with van der Waals surface area (Å²) in [4.78, 5) is 0. The van der Waals surface area contributed by atoms with Gasteiger partial charge in [-0.3, -0.25) is 0 Å². The fourth-order valence-corrected chi connectivity index (χ4v) is 1.33. The minimum absolute atomic E-state index is 0.0645. The molecule has 0 aliphatic carbocycles. The third-order valence-corrected chi connectivity index (χ3v) is 2.27. The van der Waals surface area contributed by atoms with Crippen molar-refractivity contribution in [3.8, 4) is 0 Å². The maximum Gasteiger partial charge on any atom is 0.209 e. The normalized spacial score (nSPS) is 11.6. The Kier molecular flexibility index (Phi) is 3.07. The summed E-state index contributed by atoms with van der Waals surface area (Å²) in [6, 6.07) is 4.12. The van der Waals surface area contributed by atoms with Gasteiger partial charge < -0.3 is 5.73 Å². The van der Waals surface area contributed by atoms with Crippen molar-refractivity contribution >= 4 is 15.7 Å². The lowest BCUT2D eigenvalue weighted by Gasteiger charge is -2.04. The molecule has 0 bridgehead atoms. The minimum Gasteiger partial charge on any atom is -0.399 e. The molecule has 0 spiro atoms. The molecule has 4 nitrogen and oxygen atoms in total. The summed E-state index contributed by atoms with van der Waals surface area (Å²) in [5.74, 6) is -0.513. The van der Waals surface area contributed by atoms with E-state index in [0.717, 1.165) is 12.3 Å². The van der Waals surface area contributed by atoms with Crippen LogP contribution in [0, 0.1) is 5.82 Å². The number of nitrogens with one attached hydrogen (secondary N) is 1. The summed E-state index contributed by atoms with van der Waals surface area (Å²) in [7, 11) is -3.30. The van der Waals surface area contributed by atoms with E-state index in [1.54, 1.807) is 0 Å². The number of anilines is 1. The largest absolute Gasteiger partial charge is 0.399 e. The molecule has 1 aromatic carbocycles. The molecule has 14 heavy (non-hydrogen) atoms. The smallest absolute Gasteiger partial charge is 0.209 e. The molecule has 6 heteroatoms. The van der Waals surface area contributed by atoms with Crippen molar-refractivity contribution < 1.29 is 12.8 Å². The quantitative estimate of drug-likeness (QED) is 0.724.